The minimum Gasteiger partial charge on any atom is -0.494 e. The molecule has 314 valence electrons. The Morgan fingerprint density at radius 2 is 1.41 bits per heavy atom. The van der Waals surface area contributed by atoms with Gasteiger partial charge in [0.25, 0.3) is 13.1 Å². The topological polar surface area (TPSA) is 164 Å². The third-order valence-electron chi connectivity index (χ3n) is 9.41. The molecule has 15 heteroatoms. The van der Waals surface area contributed by atoms with Crippen LogP contribution in [0.5, 0.6) is 5.75 Å². The molecule has 1 aliphatic rings. The summed E-state index contributed by atoms with van der Waals surface area (Å²) in [6.45, 7) is 6.44. The summed E-state index contributed by atoms with van der Waals surface area (Å²) in [5, 5.41) is 28.7. The summed E-state index contributed by atoms with van der Waals surface area (Å²) in [4.78, 5) is 35.2. The van der Waals surface area contributed by atoms with Gasteiger partial charge in [-0.1, -0.05) is 69.9 Å². The van der Waals surface area contributed by atoms with Crippen molar-refractivity contribution in [1.82, 2.24) is 20.4 Å². The van der Waals surface area contributed by atoms with Gasteiger partial charge in [0.1, 0.15) is 17.3 Å². The third kappa shape index (κ3) is 23.4. The fourth-order valence-corrected chi connectivity index (χ4v) is 7.33. The highest BCUT2D eigenvalue weighted by Crippen LogP contribution is 2.18. The van der Waals surface area contributed by atoms with Crippen LogP contribution in [0.4, 0.5) is 0 Å². The largest absolute Gasteiger partial charge is 0.494 e. The average Bonchev–Trinajstić information content (AvgIpc) is 3.60. The quantitative estimate of drug-likeness (QED) is 0.0256. The lowest BCUT2D eigenvalue weighted by atomic mass is 10.1. The number of ether oxygens (including phenoxy) is 1. The number of hydrogen-bond donors (Lipinski definition) is 2. The minimum atomic E-state index is -0.331. The molecule has 3 rings (SSSR count). The van der Waals surface area contributed by atoms with E-state index in [4.69, 9.17) is 9.15 Å². The summed E-state index contributed by atoms with van der Waals surface area (Å²) in [5.74, 6) is 5.24. The molecular weight excluding hydrogens is 733 g/mol. The number of nitrogens with one attached hydrogen (secondary N) is 2. The molecule has 1 aliphatic heterocycles. The van der Waals surface area contributed by atoms with Crippen molar-refractivity contribution < 1.29 is 19.0 Å². The van der Waals surface area contributed by atoms with Crippen LogP contribution in [-0.4, -0.2) is 110 Å². The van der Waals surface area contributed by atoms with Crippen LogP contribution in [0.1, 0.15) is 107 Å². The monoisotopic (exact) mass is 800 g/mol. The van der Waals surface area contributed by atoms with Gasteiger partial charge in [-0.2, -0.15) is 11.8 Å². The maximum absolute atomic E-state index is 11.2. The van der Waals surface area contributed by atoms with E-state index in [0.29, 0.717) is 50.9 Å². The van der Waals surface area contributed by atoms with Crippen molar-refractivity contribution in [3.63, 3.8) is 0 Å². The number of aliphatic imine (C=N–C) groups is 2. The molecule has 2 heterocycles. The number of furan rings is 1. The Hall–Kier alpha value is -3.69. The number of piperidine rings is 1. The summed E-state index contributed by atoms with van der Waals surface area (Å²) in [7, 11) is 4.02. The second kappa shape index (κ2) is 29.5. The second-order valence-electron chi connectivity index (χ2n) is 14.9. The van der Waals surface area contributed by atoms with Crippen molar-refractivity contribution in [3.05, 3.63) is 73.7 Å². The zero-order valence-electron chi connectivity index (χ0n) is 34.1. The fourth-order valence-electron chi connectivity index (χ4n) is 6.58. The Bertz CT molecular complexity index is 1430. The summed E-state index contributed by atoms with van der Waals surface area (Å²) in [6, 6.07) is 12.3. The molecule has 14 nitrogen and oxygen atoms in total. The molecule has 1 fully saturated rings. The second-order valence-corrected chi connectivity index (χ2v) is 16.0. The molecule has 0 spiro atoms. The number of likely N-dealkylation sites (tertiary alicyclic amines) is 1. The minimum absolute atomic E-state index is 0.272. The SMILES string of the molecule is CN(C)Cc1ccc(CSCCNC(C[N+](=O)[O-])=NCCCCCCCCCCCCNC(C[N+](=O)[O-])=NCCCOc2cccc(CN3CCCCC3)c2)o1. The van der Waals surface area contributed by atoms with Gasteiger partial charge in [-0.15, -0.1) is 0 Å². The van der Waals surface area contributed by atoms with Crippen LogP contribution in [0, 0.1) is 20.2 Å². The number of benzene rings is 1. The van der Waals surface area contributed by atoms with Gasteiger partial charge in [-0.25, -0.2) is 0 Å². The molecule has 0 atom stereocenters. The van der Waals surface area contributed by atoms with Crippen LogP contribution in [0.25, 0.3) is 0 Å². The van der Waals surface area contributed by atoms with Gasteiger partial charge in [-0.05, 0) is 82.7 Å². The molecule has 1 aromatic carbocycles. The van der Waals surface area contributed by atoms with Crippen LogP contribution in [-0.2, 0) is 18.8 Å². The first kappa shape index (κ1) is 46.7. The molecule has 2 aromatic rings. The first-order valence-corrected chi connectivity index (χ1v) is 21.9. The highest BCUT2D eigenvalue weighted by Gasteiger charge is 2.12. The standard InChI is InChI=1S/C41H68N8O6S/c1-46(2)32-38-20-21-39(55-38)35-56-29-25-45-41(34-49(52)53)43-23-13-10-8-6-4-3-5-7-9-12-22-42-40(33-48(50)51)44-24-17-28-54-37-19-16-18-36(30-37)31-47-26-14-11-15-27-47/h16,18-21,30H,3-15,17,22-29,31-35H2,1-2H3,(H,42,44)(H,43,45). The zero-order valence-corrected chi connectivity index (χ0v) is 34.9. The van der Waals surface area contributed by atoms with E-state index in [-0.39, 0.29) is 22.9 Å². The van der Waals surface area contributed by atoms with E-state index >= 15 is 0 Å². The van der Waals surface area contributed by atoms with Crippen LogP contribution < -0.4 is 15.4 Å². The molecule has 1 saturated heterocycles. The first-order valence-electron chi connectivity index (χ1n) is 20.8. The van der Waals surface area contributed by atoms with Crippen molar-refractivity contribution in [2.24, 2.45) is 9.98 Å². The van der Waals surface area contributed by atoms with Crippen LogP contribution >= 0.6 is 11.8 Å². The predicted molar refractivity (Wildman–Crippen MR) is 228 cm³/mol. The van der Waals surface area contributed by atoms with E-state index in [1.165, 1.54) is 50.5 Å². The molecule has 56 heavy (non-hydrogen) atoms. The number of unbranched alkanes of at least 4 members (excludes halogenated alkanes) is 9. The number of amidine groups is 2. The molecule has 0 aliphatic carbocycles. The van der Waals surface area contributed by atoms with Gasteiger partial charge in [0.05, 0.1) is 18.9 Å². The Balaban J connectivity index is 1.15. The number of nitro groups is 2. The Labute approximate surface area is 339 Å². The molecule has 0 saturated carbocycles. The van der Waals surface area contributed by atoms with Gasteiger partial charge in [0.2, 0.25) is 0 Å². The van der Waals surface area contributed by atoms with E-state index in [1.54, 1.807) is 11.8 Å². The maximum atomic E-state index is 11.2. The molecule has 0 bridgehead atoms. The Kier molecular flexibility index (Phi) is 24.6. The predicted octanol–water partition coefficient (Wildman–Crippen LogP) is 7.46. The first-order chi connectivity index (χ1) is 27.3. The van der Waals surface area contributed by atoms with Crippen molar-refractivity contribution >= 4 is 23.4 Å². The molecule has 0 radical (unpaired) electrons. The number of rotatable bonds is 31. The maximum Gasteiger partial charge on any atom is 0.259 e. The summed E-state index contributed by atoms with van der Waals surface area (Å²) in [5.41, 5.74) is 1.27. The molecule has 0 unspecified atom stereocenters. The van der Waals surface area contributed by atoms with Gasteiger partial charge < -0.3 is 24.7 Å². The highest BCUT2D eigenvalue weighted by atomic mass is 32.2. The van der Waals surface area contributed by atoms with Crippen molar-refractivity contribution in [2.45, 2.75) is 109 Å². The van der Waals surface area contributed by atoms with Gasteiger partial charge in [0, 0.05) is 54.7 Å². The van der Waals surface area contributed by atoms with Crippen LogP contribution in [0.2, 0.25) is 0 Å². The van der Waals surface area contributed by atoms with Crippen molar-refractivity contribution in [3.8, 4) is 5.75 Å². The summed E-state index contributed by atoms with van der Waals surface area (Å²) < 4.78 is 11.8. The number of hydrogen-bond acceptors (Lipinski definition) is 11. The normalized spacial score (nSPS) is 14.0. The van der Waals surface area contributed by atoms with Gasteiger partial charge >= 0.3 is 0 Å². The molecule has 0 amide bonds. The van der Waals surface area contributed by atoms with Crippen LogP contribution in [0.15, 0.2) is 50.8 Å². The fraction of sp³-hybridized carbons (Fsp3) is 0.707. The van der Waals surface area contributed by atoms with E-state index in [9.17, 15) is 20.2 Å². The van der Waals surface area contributed by atoms with Crippen molar-refractivity contribution in [2.75, 3.05) is 78.8 Å². The molecular formula is C41H68N8O6S. The lowest BCUT2D eigenvalue weighted by Crippen LogP contribution is -2.32. The van der Waals surface area contributed by atoms with Crippen LogP contribution in [0.3, 0.4) is 0 Å². The zero-order chi connectivity index (χ0) is 40.1. The van der Waals surface area contributed by atoms with Gasteiger partial charge in [0.15, 0.2) is 11.7 Å². The summed E-state index contributed by atoms with van der Waals surface area (Å²) in [6.07, 6.45) is 15.7. The van der Waals surface area contributed by atoms with E-state index in [2.05, 4.69) is 42.6 Å². The Morgan fingerprint density at radius 3 is 2.07 bits per heavy atom. The smallest absolute Gasteiger partial charge is 0.259 e. The summed E-state index contributed by atoms with van der Waals surface area (Å²) >= 11 is 1.73. The van der Waals surface area contributed by atoms with E-state index in [1.807, 2.05) is 38.4 Å². The lowest BCUT2D eigenvalue weighted by molar-refractivity contribution is -0.463. The number of nitrogens with zero attached hydrogens (tertiary/aromatic N) is 6. The lowest BCUT2D eigenvalue weighted by Gasteiger charge is -2.26. The average molecular weight is 801 g/mol. The van der Waals surface area contributed by atoms with E-state index in [0.717, 1.165) is 93.5 Å². The van der Waals surface area contributed by atoms with Crippen molar-refractivity contribution in [1.29, 1.82) is 0 Å². The van der Waals surface area contributed by atoms with Gasteiger partial charge in [-0.3, -0.25) is 35.1 Å². The molecule has 1 aromatic heterocycles. The third-order valence-corrected chi connectivity index (χ3v) is 10.4. The van der Waals surface area contributed by atoms with E-state index < -0.39 is 0 Å². The molecule has 2 N–H and O–H groups in total. The number of thioether (sulfide) groups is 1. The Morgan fingerprint density at radius 1 is 0.804 bits per heavy atom. The highest BCUT2D eigenvalue weighted by molar-refractivity contribution is 7.98.